The summed E-state index contributed by atoms with van der Waals surface area (Å²) in [5.74, 6) is 1.01. The van der Waals surface area contributed by atoms with Crippen LogP contribution in [0, 0.1) is 0 Å². The highest BCUT2D eigenvalue weighted by Gasteiger charge is 2.15. The fourth-order valence-electron chi connectivity index (χ4n) is 1.81. The zero-order chi connectivity index (χ0) is 13.1. The van der Waals surface area contributed by atoms with Gasteiger partial charge in [-0.05, 0) is 31.2 Å². The van der Waals surface area contributed by atoms with Crippen LogP contribution in [-0.4, -0.2) is 27.6 Å². The molecule has 0 unspecified atom stereocenters. The Morgan fingerprint density at radius 3 is 3.05 bits per heavy atom. The number of allylic oxidation sites excluding steroid dienone is 1. The van der Waals surface area contributed by atoms with Crippen LogP contribution in [0.15, 0.2) is 38.9 Å². The first kappa shape index (κ1) is 12.1. The molecule has 0 spiro atoms. The summed E-state index contributed by atoms with van der Waals surface area (Å²) < 4.78 is 5.32. The van der Waals surface area contributed by atoms with Crippen LogP contribution < -0.4 is 0 Å². The van der Waals surface area contributed by atoms with Gasteiger partial charge in [0.2, 0.25) is 5.82 Å². The molecule has 0 saturated carbocycles. The molecule has 3 heterocycles. The molecule has 0 aromatic carbocycles. The molecule has 1 aliphatic heterocycles. The molecule has 0 radical (unpaired) electrons. The number of hydrogen-bond donors (Lipinski definition) is 0. The van der Waals surface area contributed by atoms with E-state index < -0.39 is 0 Å². The summed E-state index contributed by atoms with van der Waals surface area (Å²) >= 11 is 1.55. The van der Waals surface area contributed by atoms with Gasteiger partial charge in [0.05, 0.1) is 5.56 Å². The van der Waals surface area contributed by atoms with E-state index in [2.05, 4.69) is 20.1 Å². The van der Waals surface area contributed by atoms with Crippen LogP contribution in [0.1, 0.15) is 18.7 Å². The molecule has 0 atom stereocenters. The van der Waals surface area contributed by atoms with Gasteiger partial charge in [0.25, 0.3) is 5.89 Å². The van der Waals surface area contributed by atoms with Gasteiger partial charge in [-0.25, -0.2) is 4.98 Å². The highest BCUT2D eigenvalue weighted by Crippen LogP contribution is 2.28. The van der Waals surface area contributed by atoms with Crippen molar-refractivity contribution >= 4 is 23.7 Å². The summed E-state index contributed by atoms with van der Waals surface area (Å²) in [5, 5.41) is 4.86. The van der Waals surface area contributed by atoms with Gasteiger partial charge in [-0.2, -0.15) is 4.98 Å². The molecule has 0 amide bonds. The second-order valence-corrected chi connectivity index (χ2v) is 4.76. The number of thioether (sulfide) groups is 1. The summed E-state index contributed by atoms with van der Waals surface area (Å²) in [6, 6.07) is 3.78. The molecule has 3 rings (SSSR count). The normalized spacial score (nSPS) is 14.5. The van der Waals surface area contributed by atoms with Gasteiger partial charge >= 0.3 is 0 Å². The maximum atomic E-state index is 5.32. The zero-order valence-electron chi connectivity index (χ0n) is 10.4. The summed E-state index contributed by atoms with van der Waals surface area (Å²) in [4.78, 5) is 13.0. The summed E-state index contributed by atoms with van der Waals surface area (Å²) in [5.41, 5.74) is 1.63. The lowest BCUT2D eigenvalue weighted by Gasteiger charge is -2.00. The molecule has 0 bridgehead atoms. The fourth-order valence-corrected chi connectivity index (χ4v) is 2.35. The van der Waals surface area contributed by atoms with Crippen LogP contribution in [0.2, 0.25) is 0 Å². The molecule has 2 aromatic heterocycles. The van der Waals surface area contributed by atoms with Gasteiger partial charge in [-0.3, -0.25) is 4.99 Å². The molecule has 0 N–H and O–H groups in total. The number of aliphatic imine (C=N–C) groups is 1. The molecular formula is C13H12N4OS. The van der Waals surface area contributed by atoms with Crippen LogP contribution >= 0.6 is 11.8 Å². The minimum Gasteiger partial charge on any atom is -0.333 e. The van der Waals surface area contributed by atoms with E-state index in [1.54, 1.807) is 18.0 Å². The van der Waals surface area contributed by atoms with E-state index in [4.69, 9.17) is 4.52 Å². The standard InChI is InChI=1S/C13H12N4OS/c1-19-13-9(5-4-8-15-13)12-16-11(17-18-12)10-6-2-3-7-14-10/h4-8H,2-3H2,1H3. The Labute approximate surface area is 114 Å². The van der Waals surface area contributed by atoms with Crippen LogP contribution in [0.25, 0.3) is 17.2 Å². The average molecular weight is 272 g/mol. The van der Waals surface area contributed by atoms with Crippen molar-refractivity contribution in [1.29, 1.82) is 0 Å². The number of hydrogen-bond acceptors (Lipinski definition) is 6. The monoisotopic (exact) mass is 272 g/mol. The first-order valence-corrected chi connectivity index (χ1v) is 7.17. The first-order chi connectivity index (χ1) is 9.38. The first-order valence-electron chi connectivity index (χ1n) is 5.94. The van der Waals surface area contributed by atoms with Crippen molar-refractivity contribution in [2.75, 3.05) is 6.26 Å². The van der Waals surface area contributed by atoms with E-state index in [0.29, 0.717) is 11.7 Å². The van der Waals surface area contributed by atoms with Crippen molar-refractivity contribution in [3.63, 3.8) is 0 Å². The van der Waals surface area contributed by atoms with Crippen LogP contribution in [0.5, 0.6) is 0 Å². The summed E-state index contributed by atoms with van der Waals surface area (Å²) in [7, 11) is 0. The maximum Gasteiger partial charge on any atom is 0.261 e. The zero-order valence-corrected chi connectivity index (χ0v) is 11.2. The van der Waals surface area contributed by atoms with Gasteiger partial charge in [-0.15, -0.1) is 11.8 Å². The van der Waals surface area contributed by atoms with Crippen molar-refractivity contribution in [1.82, 2.24) is 15.1 Å². The van der Waals surface area contributed by atoms with Crippen LogP contribution in [0.3, 0.4) is 0 Å². The Hall–Kier alpha value is -1.95. The molecule has 0 fully saturated rings. The third-order valence-electron chi connectivity index (χ3n) is 2.71. The summed E-state index contributed by atoms with van der Waals surface area (Å²) in [6.45, 7) is 0. The number of aromatic nitrogens is 3. The van der Waals surface area contributed by atoms with Gasteiger partial charge < -0.3 is 4.52 Å². The molecule has 1 aliphatic rings. The molecule has 2 aromatic rings. The minimum absolute atomic E-state index is 0.481. The van der Waals surface area contributed by atoms with E-state index in [1.807, 2.05) is 30.7 Å². The van der Waals surface area contributed by atoms with Gasteiger partial charge in [0.15, 0.2) is 0 Å². The predicted molar refractivity (Wildman–Crippen MR) is 75.0 cm³/mol. The Morgan fingerprint density at radius 1 is 1.32 bits per heavy atom. The molecule has 19 heavy (non-hydrogen) atoms. The van der Waals surface area contributed by atoms with E-state index >= 15 is 0 Å². The van der Waals surface area contributed by atoms with E-state index in [9.17, 15) is 0 Å². The van der Waals surface area contributed by atoms with Crippen molar-refractivity contribution < 1.29 is 4.52 Å². The molecule has 0 aliphatic carbocycles. The molecule has 96 valence electrons. The highest BCUT2D eigenvalue weighted by atomic mass is 32.2. The van der Waals surface area contributed by atoms with Gasteiger partial charge in [0.1, 0.15) is 10.7 Å². The second-order valence-electron chi connectivity index (χ2n) is 3.96. The molecule has 6 heteroatoms. The Bertz CT molecular complexity index is 648. The van der Waals surface area contributed by atoms with E-state index in [-0.39, 0.29) is 0 Å². The van der Waals surface area contributed by atoms with Crippen LogP contribution in [0.4, 0.5) is 0 Å². The fraction of sp³-hybridized carbons (Fsp3) is 0.231. The van der Waals surface area contributed by atoms with E-state index in [1.165, 1.54) is 0 Å². The van der Waals surface area contributed by atoms with Crippen molar-refractivity contribution in [3.8, 4) is 11.5 Å². The number of nitrogens with zero attached hydrogens (tertiary/aromatic N) is 4. The van der Waals surface area contributed by atoms with Gasteiger partial charge in [0, 0.05) is 12.4 Å². The Morgan fingerprint density at radius 2 is 2.26 bits per heavy atom. The molecule has 0 saturated heterocycles. The lowest BCUT2D eigenvalue weighted by Crippen LogP contribution is -1.91. The Balaban J connectivity index is 1.97. The van der Waals surface area contributed by atoms with Gasteiger partial charge in [-0.1, -0.05) is 11.2 Å². The quantitative estimate of drug-likeness (QED) is 0.803. The van der Waals surface area contributed by atoms with Crippen molar-refractivity contribution in [2.24, 2.45) is 4.99 Å². The minimum atomic E-state index is 0.481. The third kappa shape index (κ3) is 2.44. The van der Waals surface area contributed by atoms with Crippen molar-refractivity contribution in [2.45, 2.75) is 17.9 Å². The molecular weight excluding hydrogens is 260 g/mol. The third-order valence-corrected chi connectivity index (χ3v) is 3.43. The smallest absolute Gasteiger partial charge is 0.261 e. The lowest BCUT2D eigenvalue weighted by atomic mass is 10.2. The highest BCUT2D eigenvalue weighted by molar-refractivity contribution is 7.98. The summed E-state index contributed by atoms with van der Waals surface area (Å²) in [6.07, 6.45) is 9.55. The SMILES string of the molecule is CSc1ncccc1-c1nc(C2=CCCC=N2)no1. The second kappa shape index (κ2) is 5.36. The number of rotatable bonds is 3. The maximum absolute atomic E-state index is 5.32. The number of pyridine rings is 1. The van der Waals surface area contributed by atoms with Crippen LogP contribution in [-0.2, 0) is 0 Å². The predicted octanol–water partition coefficient (Wildman–Crippen LogP) is 3.06. The Kier molecular flexibility index (Phi) is 3.41. The topological polar surface area (TPSA) is 64.2 Å². The largest absolute Gasteiger partial charge is 0.333 e. The lowest BCUT2D eigenvalue weighted by molar-refractivity contribution is 0.427. The molecule has 5 nitrogen and oxygen atoms in total. The average Bonchev–Trinajstić information content (AvgIpc) is 2.98. The van der Waals surface area contributed by atoms with E-state index in [0.717, 1.165) is 29.1 Å². The van der Waals surface area contributed by atoms with Crippen molar-refractivity contribution in [3.05, 3.63) is 30.2 Å².